The first kappa shape index (κ1) is 7.28. The average Bonchev–Trinajstić information content (AvgIpc) is 2.47. The molecule has 2 rings (SSSR count). The Morgan fingerprint density at radius 1 is 1.67 bits per heavy atom. The summed E-state index contributed by atoms with van der Waals surface area (Å²) in [7, 11) is 0. The van der Waals surface area contributed by atoms with E-state index in [9.17, 15) is 4.79 Å². The Balaban J connectivity index is 2.50. The van der Waals surface area contributed by atoms with Crippen molar-refractivity contribution in [2.75, 3.05) is 0 Å². The molecule has 0 saturated carbocycles. The maximum atomic E-state index is 11.2. The molecule has 3 nitrogen and oxygen atoms in total. The van der Waals surface area contributed by atoms with Gasteiger partial charge in [0.15, 0.2) is 0 Å². The monoisotopic (exact) mass is 162 g/mol. The fourth-order valence-electron chi connectivity index (χ4n) is 1.34. The number of nitrogens with zero attached hydrogens (tertiary/aromatic N) is 1. The predicted molar refractivity (Wildman–Crippen MR) is 44.8 cm³/mol. The molecular weight excluding hydrogens is 152 g/mol. The number of hydrogen-bond acceptors (Lipinski definition) is 2. The Morgan fingerprint density at radius 3 is 3.25 bits per heavy atom. The molecule has 1 aromatic rings. The van der Waals surface area contributed by atoms with Crippen molar-refractivity contribution in [3.05, 3.63) is 29.1 Å². The first-order chi connectivity index (χ1) is 5.81. The summed E-state index contributed by atoms with van der Waals surface area (Å²) < 4.78 is 0. The topological polar surface area (TPSA) is 42.0 Å². The zero-order valence-electron chi connectivity index (χ0n) is 6.92. The van der Waals surface area contributed by atoms with Crippen molar-refractivity contribution in [2.24, 2.45) is 0 Å². The number of fused-ring (bicyclic) bond motifs is 1. The second-order valence-electron chi connectivity index (χ2n) is 2.87. The van der Waals surface area contributed by atoms with Gasteiger partial charge in [0.25, 0.3) is 5.91 Å². The molecule has 1 aromatic heterocycles. The largest absolute Gasteiger partial charge is 0.348 e. The predicted octanol–water partition coefficient (Wildman–Crippen LogP) is 0.887. The van der Waals surface area contributed by atoms with Crippen LogP contribution >= 0.6 is 0 Å². The summed E-state index contributed by atoms with van der Waals surface area (Å²) in [5, 5.41) is 2.76. The number of aromatic nitrogens is 1. The molecule has 2 heterocycles. The van der Waals surface area contributed by atoms with Gasteiger partial charge in [0.1, 0.15) is 0 Å². The van der Waals surface area contributed by atoms with Crippen LogP contribution in [0.1, 0.15) is 28.5 Å². The molecule has 0 bridgehead atoms. The molecular formula is C9H10N2O. The van der Waals surface area contributed by atoms with Gasteiger partial charge in [-0.25, -0.2) is 0 Å². The quantitative estimate of drug-likeness (QED) is 0.666. The number of amides is 1. The van der Waals surface area contributed by atoms with Gasteiger partial charge in [0.2, 0.25) is 0 Å². The Labute approximate surface area is 70.8 Å². The molecule has 0 radical (unpaired) electrons. The van der Waals surface area contributed by atoms with E-state index in [4.69, 9.17) is 0 Å². The summed E-state index contributed by atoms with van der Waals surface area (Å²) in [4.78, 5) is 15.4. The molecule has 3 heteroatoms. The number of aryl methyl sites for hydroxylation is 1. The summed E-state index contributed by atoms with van der Waals surface area (Å²) in [5.41, 5.74) is 2.78. The third-order valence-electron chi connectivity index (χ3n) is 2.09. The average molecular weight is 162 g/mol. The molecule has 0 unspecified atom stereocenters. The lowest BCUT2D eigenvalue weighted by molar-refractivity contribution is 0.0965. The summed E-state index contributed by atoms with van der Waals surface area (Å²) in [5.74, 6) is 0.0297. The van der Waals surface area contributed by atoms with Crippen molar-refractivity contribution in [2.45, 2.75) is 19.9 Å². The summed E-state index contributed by atoms with van der Waals surface area (Å²) >= 11 is 0. The van der Waals surface area contributed by atoms with E-state index < -0.39 is 0 Å². The molecule has 0 aliphatic carbocycles. The zero-order valence-corrected chi connectivity index (χ0v) is 6.92. The molecule has 0 aromatic carbocycles. The van der Waals surface area contributed by atoms with E-state index >= 15 is 0 Å². The Hall–Kier alpha value is -1.38. The minimum absolute atomic E-state index is 0.0297. The van der Waals surface area contributed by atoms with Crippen molar-refractivity contribution >= 4 is 5.91 Å². The molecule has 1 aliphatic rings. The molecule has 1 aliphatic heterocycles. The SMILES string of the molecule is CCc1cc2c(cn1)CNC2=O. The van der Waals surface area contributed by atoms with Crippen molar-refractivity contribution in [1.82, 2.24) is 10.3 Å². The van der Waals surface area contributed by atoms with Gasteiger partial charge in [-0.2, -0.15) is 0 Å². The maximum Gasteiger partial charge on any atom is 0.252 e. The van der Waals surface area contributed by atoms with Gasteiger partial charge in [-0.05, 0) is 12.5 Å². The highest BCUT2D eigenvalue weighted by molar-refractivity contribution is 5.98. The van der Waals surface area contributed by atoms with Gasteiger partial charge in [0, 0.05) is 29.6 Å². The van der Waals surface area contributed by atoms with E-state index in [1.807, 2.05) is 13.0 Å². The number of nitrogens with one attached hydrogen (secondary N) is 1. The van der Waals surface area contributed by atoms with Crippen molar-refractivity contribution in [3.63, 3.8) is 0 Å². The lowest BCUT2D eigenvalue weighted by Crippen LogP contribution is -2.12. The fraction of sp³-hybridized carbons (Fsp3) is 0.333. The summed E-state index contributed by atoms with van der Waals surface area (Å²) in [6, 6.07) is 1.87. The van der Waals surface area contributed by atoms with E-state index in [0.717, 1.165) is 23.2 Å². The third-order valence-corrected chi connectivity index (χ3v) is 2.09. The van der Waals surface area contributed by atoms with Gasteiger partial charge in [0.05, 0.1) is 0 Å². The number of rotatable bonds is 1. The molecule has 0 atom stereocenters. The number of carbonyl (C=O) groups is 1. The van der Waals surface area contributed by atoms with Crippen LogP contribution in [0.4, 0.5) is 0 Å². The summed E-state index contributed by atoms with van der Waals surface area (Å²) in [6.45, 7) is 2.66. The van der Waals surface area contributed by atoms with Gasteiger partial charge in [-0.1, -0.05) is 6.92 Å². The van der Waals surface area contributed by atoms with Gasteiger partial charge >= 0.3 is 0 Å². The molecule has 0 saturated heterocycles. The number of carbonyl (C=O) groups excluding carboxylic acids is 1. The number of pyridine rings is 1. The zero-order chi connectivity index (χ0) is 8.55. The van der Waals surface area contributed by atoms with Crippen LogP contribution in [-0.4, -0.2) is 10.9 Å². The Morgan fingerprint density at radius 2 is 2.50 bits per heavy atom. The highest BCUT2D eigenvalue weighted by atomic mass is 16.1. The first-order valence-corrected chi connectivity index (χ1v) is 4.07. The third kappa shape index (κ3) is 0.978. The van der Waals surface area contributed by atoms with Crippen LogP contribution in [0, 0.1) is 0 Å². The first-order valence-electron chi connectivity index (χ1n) is 4.07. The van der Waals surface area contributed by atoms with Gasteiger partial charge < -0.3 is 5.32 Å². The van der Waals surface area contributed by atoms with Crippen LogP contribution in [0.5, 0.6) is 0 Å². The van der Waals surface area contributed by atoms with E-state index in [1.54, 1.807) is 6.20 Å². The lowest BCUT2D eigenvalue weighted by Gasteiger charge is -1.97. The molecule has 0 spiro atoms. The molecule has 12 heavy (non-hydrogen) atoms. The van der Waals surface area contributed by atoms with Crippen LogP contribution in [0.2, 0.25) is 0 Å². The smallest absolute Gasteiger partial charge is 0.252 e. The minimum Gasteiger partial charge on any atom is -0.348 e. The number of hydrogen-bond donors (Lipinski definition) is 1. The Kier molecular flexibility index (Phi) is 1.57. The van der Waals surface area contributed by atoms with E-state index in [-0.39, 0.29) is 5.91 Å². The molecule has 1 N–H and O–H groups in total. The van der Waals surface area contributed by atoms with Gasteiger partial charge in [-0.15, -0.1) is 0 Å². The second kappa shape index (κ2) is 2.59. The van der Waals surface area contributed by atoms with Crippen molar-refractivity contribution in [1.29, 1.82) is 0 Å². The molecule has 62 valence electrons. The highest BCUT2D eigenvalue weighted by Gasteiger charge is 2.18. The highest BCUT2D eigenvalue weighted by Crippen LogP contribution is 2.14. The van der Waals surface area contributed by atoms with Crippen molar-refractivity contribution < 1.29 is 4.79 Å². The second-order valence-corrected chi connectivity index (χ2v) is 2.87. The van der Waals surface area contributed by atoms with E-state index in [0.29, 0.717) is 6.54 Å². The molecule has 0 fully saturated rings. The maximum absolute atomic E-state index is 11.2. The standard InChI is InChI=1S/C9H10N2O/c1-2-7-3-8-6(4-10-7)5-11-9(8)12/h3-4H,2,5H2,1H3,(H,11,12). The Bertz CT molecular complexity index is 333. The fourth-order valence-corrected chi connectivity index (χ4v) is 1.34. The van der Waals surface area contributed by atoms with E-state index in [2.05, 4.69) is 10.3 Å². The summed E-state index contributed by atoms with van der Waals surface area (Å²) in [6.07, 6.45) is 2.66. The normalized spacial score (nSPS) is 14.2. The van der Waals surface area contributed by atoms with Crippen LogP contribution in [0.3, 0.4) is 0 Å². The van der Waals surface area contributed by atoms with Crippen LogP contribution in [0.15, 0.2) is 12.3 Å². The molecule has 1 amide bonds. The van der Waals surface area contributed by atoms with Crippen molar-refractivity contribution in [3.8, 4) is 0 Å². The van der Waals surface area contributed by atoms with Crippen LogP contribution in [-0.2, 0) is 13.0 Å². The minimum atomic E-state index is 0.0297. The van der Waals surface area contributed by atoms with Crippen LogP contribution < -0.4 is 5.32 Å². The van der Waals surface area contributed by atoms with Crippen LogP contribution in [0.25, 0.3) is 0 Å². The lowest BCUT2D eigenvalue weighted by atomic mass is 10.1. The van der Waals surface area contributed by atoms with E-state index in [1.165, 1.54) is 0 Å². The van der Waals surface area contributed by atoms with Gasteiger partial charge in [-0.3, -0.25) is 9.78 Å².